The zero-order chi connectivity index (χ0) is 27.1. The van der Waals surface area contributed by atoms with Gasteiger partial charge in [-0.2, -0.15) is 0 Å². The average Bonchev–Trinajstić information content (AvgIpc) is 3.40. The lowest BCUT2D eigenvalue weighted by molar-refractivity contribution is -0.277. The number of aryl methyl sites for hydroxylation is 1. The van der Waals surface area contributed by atoms with E-state index >= 15 is 0 Å². The maximum atomic E-state index is 12.1. The number of hydrogen-bond donors (Lipinski definition) is 5. The Kier molecular flexibility index (Phi) is 10.2. The van der Waals surface area contributed by atoms with Crippen LogP contribution in [-0.4, -0.2) is 89.5 Å². The number of nitrogens with one attached hydrogen (secondary N) is 1. The Morgan fingerprint density at radius 1 is 1.11 bits per heavy atom. The molecular weight excluding hydrogens is 498 g/mol. The monoisotopic (exact) mass is 537 g/mol. The van der Waals surface area contributed by atoms with Crippen molar-refractivity contribution in [3.8, 4) is 11.5 Å². The molecule has 5 N–H and O–H groups in total. The van der Waals surface area contributed by atoms with Gasteiger partial charge in [0.1, 0.15) is 31.0 Å². The number of ether oxygens (including phenoxy) is 4. The van der Waals surface area contributed by atoms with Crippen LogP contribution in [0, 0.1) is 0 Å². The molecule has 2 aromatic rings. The second kappa shape index (κ2) is 13.6. The number of rotatable bonds is 12. The number of fused-ring (bicyclic) bond motifs is 1. The highest BCUT2D eigenvalue weighted by Crippen LogP contribution is 2.42. The predicted octanol–water partition coefficient (Wildman–Crippen LogP) is 1.41. The van der Waals surface area contributed by atoms with Crippen molar-refractivity contribution in [1.82, 2.24) is 5.32 Å². The maximum absolute atomic E-state index is 12.1. The van der Waals surface area contributed by atoms with Crippen molar-refractivity contribution < 1.29 is 48.6 Å². The highest BCUT2D eigenvalue weighted by atomic mass is 16.7. The first-order chi connectivity index (χ1) is 18.4. The molecule has 1 aromatic heterocycles. The molecule has 2 heterocycles. The fraction of sp³-hybridized carbons (Fsp3) is 0.667. The minimum Gasteiger partial charge on any atom is -0.485 e. The van der Waals surface area contributed by atoms with Crippen LogP contribution in [0.5, 0.6) is 11.5 Å². The predicted molar refractivity (Wildman–Crippen MR) is 136 cm³/mol. The van der Waals surface area contributed by atoms with E-state index in [0.29, 0.717) is 30.3 Å². The van der Waals surface area contributed by atoms with Crippen molar-refractivity contribution >= 4 is 16.9 Å². The molecule has 4 rings (SSSR count). The van der Waals surface area contributed by atoms with Crippen molar-refractivity contribution in [1.29, 1.82) is 0 Å². The van der Waals surface area contributed by atoms with Gasteiger partial charge in [-0.1, -0.05) is 19.3 Å². The fourth-order valence-corrected chi connectivity index (χ4v) is 5.04. The largest absolute Gasteiger partial charge is 0.485 e. The summed E-state index contributed by atoms with van der Waals surface area (Å²) in [7, 11) is 0. The van der Waals surface area contributed by atoms with Gasteiger partial charge in [0.15, 0.2) is 11.3 Å². The van der Waals surface area contributed by atoms with Crippen molar-refractivity contribution in [3.63, 3.8) is 0 Å². The van der Waals surface area contributed by atoms with Crippen LogP contribution in [0.25, 0.3) is 11.0 Å². The minimum absolute atomic E-state index is 0.0743. The van der Waals surface area contributed by atoms with E-state index in [-0.39, 0.29) is 36.9 Å². The van der Waals surface area contributed by atoms with Crippen molar-refractivity contribution in [2.75, 3.05) is 26.4 Å². The topological polar surface area (TPSA) is 160 Å². The van der Waals surface area contributed by atoms with E-state index in [1.54, 1.807) is 19.1 Å². The second-order valence-electron chi connectivity index (χ2n) is 9.79. The number of esters is 1. The van der Waals surface area contributed by atoms with Crippen LogP contribution in [0.3, 0.4) is 0 Å². The molecule has 11 heteroatoms. The van der Waals surface area contributed by atoms with Crippen LogP contribution < -0.4 is 14.8 Å². The normalized spacial score (nSPS) is 26.4. The van der Waals surface area contributed by atoms with Crippen molar-refractivity contribution in [2.24, 2.45) is 0 Å². The van der Waals surface area contributed by atoms with E-state index in [1.165, 1.54) is 25.5 Å². The van der Waals surface area contributed by atoms with Gasteiger partial charge in [0.2, 0.25) is 12.0 Å². The summed E-state index contributed by atoms with van der Waals surface area (Å²) in [6.07, 6.45) is 0.489. The van der Waals surface area contributed by atoms with Gasteiger partial charge in [0.05, 0.1) is 19.5 Å². The Hall–Kier alpha value is -2.41. The zero-order valence-corrected chi connectivity index (χ0v) is 21.7. The summed E-state index contributed by atoms with van der Waals surface area (Å²) in [4.78, 5) is 12.1. The molecule has 0 bridgehead atoms. The number of carbonyl (C=O) groups is 1. The molecule has 0 radical (unpaired) electrons. The first-order valence-corrected chi connectivity index (χ1v) is 13.4. The summed E-state index contributed by atoms with van der Waals surface area (Å²) in [5.41, 5.74) is 1.00. The zero-order valence-electron chi connectivity index (χ0n) is 21.7. The van der Waals surface area contributed by atoms with Crippen LogP contribution in [0.4, 0.5) is 0 Å². The Labute approximate surface area is 221 Å². The molecule has 1 aliphatic carbocycles. The number of aliphatic hydroxyl groups excluding tert-OH is 4. The second-order valence-corrected chi connectivity index (χ2v) is 9.79. The molecule has 1 saturated heterocycles. The molecule has 2 aliphatic rings. The van der Waals surface area contributed by atoms with Crippen molar-refractivity contribution in [2.45, 2.75) is 88.6 Å². The lowest BCUT2D eigenvalue weighted by atomic mass is 9.96. The number of carbonyl (C=O) groups excluding carboxylic acids is 1. The molecule has 1 aromatic carbocycles. The van der Waals surface area contributed by atoms with E-state index in [9.17, 15) is 25.2 Å². The van der Waals surface area contributed by atoms with E-state index in [2.05, 4.69) is 5.32 Å². The third kappa shape index (κ3) is 6.77. The molecule has 0 amide bonds. The van der Waals surface area contributed by atoms with Crippen LogP contribution in [0.2, 0.25) is 0 Å². The Balaban J connectivity index is 1.60. The van der Waals surface area contributed by atoms with Crippen LogP contribution in [0.1, 0.15) is 51.0 Å². The van der Waals surface area contributed by atoms with Crippen LogP contribution >= 0.6 is 0 Å². The summed E-state index contributed by atoms with van der Waals surface area (Å²) in [6.45, 7) is 2.30. The third-order valence-corrected chi connectivity index (χ3v) is 7.10. The van der Waals surface area contributed by atoms with Gasteiger partial charge in [-0.05, 0) is 43.9 Å². The first kappa shape index (κ1) is 28.6. The van der Waals surface area contributed by atoms with E-state index in [1.807, 2.05) is 0 Å². The quantitative estimate of drug-likeness (QED) is 0.197. The van der Waals surface area contributed by atoms with Gasteiger partial charge in [-0.15, -0.1) is 0 Å². The molecule has 1 aliphatic heterocycles. The maximum Gasteiger partial charge on any atom is 0.306 e. The summed E-state index contributed by atoms with van der Waals surface area (Å²) in [6, 6.07) is 4.02. The van der Waals surface area contributed by atoms with Gasteiger partial charge in [-0.25, -0.2) is 0 Å². The number of aliphatic hydroxyl groups is 4. The van der Waals surface area contributed by atoms with Gasteiger partial charge < -0.3 is 49.1 Å². The van der Waals surface area contributed by atoms with E-state index in [4.69, 9.17) is 23.4 Å². The molecule has 5 atom stereocenters. The SMILES string of the molecule is CCOC(=O)CCc1cc2ccoc2c(OCCNC2CCCCC2)c1O[C@@H]1O[C@H](CO)[C@@H](O)[C@H](O)[C@H]1O. The van der Waals surface area contributed by atoms with Crippen molar-refractivity contribution in [3.05, 3.63) is 24.0 Å². The lowest BCUT2D eigenvalue weighted by Gasteiger charge is -2.39. The Morgan fingerprint density at radius 2 is 1.89 bits per heavy atom. The van der Waals surface area contributed by atoms with Crippen LogP contribution in [0.15, 0.2) is 22.8 Å². The molecule has 38 heavy (non-hydrogen) atoms. The summed E-state index contributed by atoms with van der Waals surface area (Å²) in [5, 5.41) is 44.9. The van der Waals surface area contributed by atoms with Gasteiger partial charge >= 0.3 is 5.97 Å². The van der Waals surface area contributed by atoms with Gasteiger partial charge in [0.25, 0.3) is 0 Å². The minimum atomic E-state index is -1.61. The third-order valence-electron chi connectivity index (χ3n) is 7.10. The lowest BCUT2D eigenvalue weighted by Crippen LogP contribution is -2.60. The summed E-state index contributed by atoms with van der Waals surface area (Å²) >= 11 is 0. The Bertz CT molecular complexity index is 1030. The van der Waals surface area contributed by atoms with Crippen LogP contribution in [-0.2, 0) is 20.7 Å². The molecule has 2 fully saturated rings. The summed E-state index contributed by atoms with van der Waals surface area (Å²) in [5.74, 6) is 0.0743. The molecule has 1 saturated carbocycles. The molecule has 212 valence electrons. The smallest absolute Gasteiger partial charge is 0.306 e. The number of furan rings is 1. The first-order valence-electron chi connectivity index (χ1n) is 13.4. The Morgan fingerprint density at radius 3 is 2.63 bits per heavy atom. The number of hydrogen-bond acceptors (Lipinski definition) is 11. The standard InChI is InChI=1S/C27H39NO10/c1-2-34-20(30)9-8-16-14-17-10-12-35-24(17)26(36-13-11-28-18-6-4-3-5-7-18)25(16)38-27-23(33)22(32)21(31)19(15-29)37-27/h10,12,14,18-19,21-23,27-29,31-33H,2-9,11,13,15H2,1H3/t19-,21-,22+,23-,27+/m1/s1. The van der Waals surface area contributed by atoms with Gasteiger partial charge in [0, 0.05) is 24.4 Å². The van der Waals surface area contributed by atoms with Gasteiger partial charge in [-0.3, -0.25) is 4.79 Å². The molecule has 0 unspecified atom stereocenters. The average molecular weight is 538 g/mol. The van der Waals surface area contributed by atoms with E-state index in [0.717, 1.165) is 18.2 Å². The summed E-state index contributed by atoms with van der Waals surface area (Å²) < 4.78 is 28.6. The highest BCUT2D eigenvalue weighted by Gasteiger charge is 2.45. The molecular formula is C27H39NO10. The fourth-order valence-electron chi connectivity index (χ4n) is 5.04. The highest BCUT2D eigenvalue weighted by molar-refractivity contribution is 5.87. The molecule has 11 nitrogen and oxygen atoms in total. The number of benzene rings is 1. The van der Waals surface area contributed by atoms with E-state index < -0.39 is 37.3 Å². The molecule has 0 spiro atoms.